The normalized spacial score (nSPS) is 12.9. The summed E-state index contributed by atoms with van der Waals surface area (Å²) in [5.41, 5.74) is 11.8. The number of hydrogen-bond donors (Lipinski definition) is 0. The minimum Gasteiger partial charge on any atom is -0.453 e. The summed E-state index contributed by atoms with van der Waals surface area (Å²) in [5, 5.41) is 3.90. The maximum atomic E-state index is 6.21. The van der Waals surface area contributed by atoms with Gasteiger partial charge in [0.25, 0.3) is 0 Å². The number of nitrogens with zero attached hydrogens (tertiary/aromatic N) is 3. The summed E-state index contributed by atoms with van der Waals surface area (Å²) < 4.78 is 11.1. The highest BCUT2D eigenvalue weighted by atomic mass is 16.5. The Morgan fingerprint density at radius 1 is 0.429 bits per heavy atom. The van der Waals surface area contributed by atoms with Crippen molar-refractivity contribution in [2.45, 2.75) is 0 Å². The molecule has 4 heterocycles. The number of benzene rings is 6. The first kappa shape index (κ1) is 22.0. The Hall–Kier alpha value is -5.74. The quantitative estimate of drug-likeness (QED) is 0.219. The molecule has 196 valence electrons. The summed E-state index contributed by atoms with van der Waals surface area (Å²) in [6.07, 6.45) is 0. The van der Waals surface area contributed by atoms with E-state index in [-0.39, 0.29) is 0 Å². The average Bonchev–Trinajstić information content (AvgIpc) is 3.68. The lowest BCUT2D eigenvalue weighted by atomic mass is 10.0. The molecule has 9 aromatic rings. The van der Waals surface area contributed by atoms with Crippen molar-refractivity contribution in [2.75, 3.05) is 4.90 Å². The van der Waals surface area contributed by atoms with Gasteiger partial charge in [0.05, 0.1) is 33.4 Å². The molecular weight excluding hydrogens is 514 g/mol. The maximum Gasteiger partial charge on any atom is 0.151 e. The molecule has 10 rings (SSSR count). The Labute approximate surface area is 241 Å². The molecular formula is C38H23N3O. The Kier molecular flexibility index (Phi) is 4.15. The molecule has 1 aliphatic rings. The monoisotopic (exact) mass is 537 g/mol. The number of imidazole rings is 1. The fourth-order valence-electron chi connectivity index (χ4n) is 7.04. The zero-order chi connectivity index (χ0) is 27.4. The van der Waals surface area contributed by atoms with Gasteiger partial charge in [0.1, 0.15) is 5.65 Å². The Bertz CT molecular complexity index is 2450. The van der Waals surface area contributed by atoms with Crippen molar-refractivity contribution in [3.05, 3.63) is 140 Å². The number of anilines is 3. The maximum absolute atomic E-state index is 6.21. The van der Waals surface area contributed by atoms with Crippen LogP contribution in [-0.4, -0.2) is 8.80 Å². The van der Waals surface area contributed by atoms with Crippen LogP contribution in [-0.2, 0) is 0 Å². The summed E-state index contributed by atoms with van der Waals surface area (Å²) in [5.74, 6) is 1.72. The third-order valence-electron chi connectivity index (χ3n) is 8.82. The first-order valence-electron chi connectivity index (χ1n) is 14.3. The molecule has 0 saturated carbocycles. The topological polar surface area (TPSA) is 21.3 Å². The molecule has 0 bridgehead atoms. The average molecular weight is 538 g/mol. The first-order valence-corrected chi connectivity index (χ1v) is 14.3. The van der Waals surface area contributed by atoms with E-state index in [1.54, 1.807) is 0 Å². The molecule has 42 heavy (non-hydrogen) atoms. The molecule has 0 saturated heterocycles. The van der Waals surface area contributed by atoms with Crippen molar-refractivity contribution in [1.29, 1.82) is 0 Å². The van der Waals surface area contributed by atoms with Crippen LogP contribution in [0.25, 0.3) is 55.0 Å². The first-order chi connectivity index (χ1) is 20.8. The molecule has 0 radical (unpaired) electrons. The summed E-state index contributed by atoms with van der Waals surface area (Å²) in [4.78, 5) is 2.28. The molecule has 4 heteroatoms. The fraction of sp³-hybridized carbons (Fsp3) is 0. The van der Waals surface area contributed by atoms with Gasteiger partial charge in [-0.3, -0.25) is 8.80 Å². The predicted octanol–water partition coefficient (Wildman–Crippen LogP) is 10.3. The lowest BCUT2D eigenvalue weighted by molar-refractivity contribution is 0.477. The van der Waals surface area contributed by atoms with E-state index in [0.717, 1.165) is 28.6 Å². The zero-order valence-corrected chi connectivity index (χ0v) is 22.5. The SMILES string of the molecule is c1ccc2c(c1)Oc1ccccc1N2c1ccc(-c2ccc3c(c2)c2c4ccccc4n4c5ccccc5n3c24)cc1. The van der Waals surface area contributed by atoms with Gasteiger partial charge in [-0.25, -0.2) is 0 Å². The van der Waals surface area contributed by atoms with Gasteiger partial charge in [-0.1, -0.05) is 72.8 Å². The van der Waals surface area contributed by atoms with Crippen molar-refractivity contribution < 1.29 is 4.74 Å². The van der Waals surface area contributed by atoms with E-state index in [9.17, 15) is 0 Å². The van der Waals surface area contributed by atoms with Crippen LogP contribution < -0.4 is 9.64 Å². The summed E-state index contributed by atoms with van der Waals surface area (Å²) in [7, 11) is 0. The van der Waals surface area contributed by atoms with Crippen LogP contribution in [0.3, 0.4) is 0 Å². The second-order valence-electron chi connectivity index (χ2n) is 11.0. The van der Waals surface area contributed by atoms with Gasteiger partial charge >= 0.3 is 0 Å². The number of hydrogen-bond acceptors (Lipinski definition) is 2. The van der Waals surface area contributed by atoms with Gasteiger partial charge in [0.2, 0.25) is 0 Å². The van der Waals surface area contributed by atoms with Gasteiger partial charge in [-0.2, -0.15) is 0 Å². The van der Waals surface area contributed by atoms with E-state index in [0.29, 0.717) is 0 Å². The van der Waals surface area contributed by atoms with Crippen molar-refractivity contribution in [3.63, 3.8) is 0 Å². The van der Waals surface area contributed by atoms with Gasteiger partial charge in [0, 0.05) is 21.8 Å². The molecule has 0 spiro atoms. The largest absolute Gasteiger partial charge is 0.453 e. The van der Waals surface area contributed by atoms with E-state index >= 15 is 0 Å². The van der Waals surface area contributed by atoms with Crippen LogP contribution in [0.1, 0.15) is 0 Å². The molecule has 0 unspecified atom stereocenters. The van der Waals surface area contributed by atoms with Crippen LogP contribution in [0, 0.1) is 0 Å². The van der Waals surface area contributed by atoms with Crippen LogP contribution in [0.2, 0.25) is 0 Å². The third-order valence-corrected chi connectivity index (χ3v) is 8.82. The smallest absolute Gasteiger partial charge is 0.151 e. The molecule has 0 amide bonds. The number of ether oxygens (including phenoxy) is 1. The highest BCUT2D eigenvalue weighted by Crippen LogP contribution is 2.50. The lowest BCUT2D eigenvalue weighted by Crippen LogP contribution is -2.15. The fourth-order valence-corrected chi connectivity index (χ4v) is 7.04. The number of aromatic nitrogens is 2. The van der Waals surface area contributed by atoms with Crippen molar-refractivity contribution >= 4 is 60.9 Å². The third kappa shape index (κ3) is 2.76. The molecule has 1 aliphatic heterocycles. The number of fused-ring (bicyclic) bond motifs is 11. The Morgan fingerprint density at radius 2 is 0.976 bits per heavy atom. The van der Waals surface area contributed by atoms with Gasteiger partial charge in [-0.15, -0.1) is 0 Å². The van der Waals surface area contributed by atoms with E-state index in [1.807, 2.05) is 24.3 Å². The summed E-state index contributed by atoms with van der Waals surface area (Å²) in [6.45, 7) is 0. The standard InChI is InChI=1S/C38H23N3O/c1-2-10-29-27(9-1)37-28-23-25(19-22-30(28)41-32-12-4-3-11-31(32)40(29)38(37)41)24-17-20-26(21-18-24)39-33-13-5-7-15-35(33)42-36-16-8-6-14-34(36)39/h1-23H. The number of para-hydroxylation sites is 7. The highest BCUT2D eigenvalue weighted by Gasteiger charge is 2.26. The molecule has 3 aromatic heterocycles. The molecule has 0 fully saturated rings. The minimum atomic E-state index is 0.862. The van der Waals surface area contributed by atoms with Crippen molar-refractivity contribution in [1.82, 2.24) is 8.80 Å². The second kappa shape index (κ2) is 7.93. The highest BCUT2D eigenvalue weighted by molar-refractivity contribution is 6.24. The molecule has 0 atom stereocenters. The van der Waals surface area contributed by atoms with Crippen LogP contribution >= 0.6 is 0 Å². The van der Waals surface area contributed by atoms with E-state index < -0.39 is 0 Å². The van der Waals surface area contributed by atoms with Gasteiger partial charge < -0.3 is 9.64 Å². The number of rotatable bonds is 2. The van der Waals surface area contributed by atoms with E-state index in [4.69, 9.17) is 4.74 Å². The summed E-state index contributed by atoms with van der Waals surface area (Å²) in [6, 6.07) is 49.7. The Balaban J connectivity index is 1.15. The van der Waals surface area contributed by atoms with Crippen molar-refractivity contribution in [3.8, 4) is 22.6 Å². The summed E-state index contributed by atoms with van der Waals surface area (Å²) >= 11 is 0. The minimum absolute atomic E-state index is 0.862. The molecule has 6 aromatic carbocycles. The predicted molar refractivity (Wildman–Crippen MR) is 172 cm³/mol. The van der Waals surface area contributed by atoms with E-state index in [2.05, 4.69) is 129 Å². The second-order valence-corrected chi connectivity index (χ2v) is 11.0. The van der Waals surface area contributed by atoms with Crippen LogP contribution in [0.15, 0.2) is 140 Å². The Morgan fingerprint density at radius 3 is 1.67 bits per heavy atom. The van der Waals surface area contributed by atoms with E-state index in [1.165, 1.54) is 55.0 Å². The molecule has 0 aliphatic carbocycles. The van der Waals surface area contributed by atoms with Crippen LogP contribution in [0.5, 0.6) is 11.5 Å². The van der Waals surface area contributed by atoms with Crippen molar-refractivity contribution in [2.24, 2.45) is 0 Å². The molecule has 0 N–H and O–H groups in total. The molecule has 4 nitrogen and oxygen atoms in total. The lowest BCUT2D eigenvalue weighted by Gasteiger charge is -2.32. The van der Waals surface area contributed by atoms with Gasteiger partial charge in [-0.05, 0) is 77.9 Å². The zero-order valence-electron chi connectivity index (χ0n) is 22.5. The van der Waals surface area contributed by atoms with Gasteiger partial charge in [0.15, 0.2) is 11.5 Å². The van der Waals surface area contributed by atoms with Crippen LogP contribution in [0.4, 0.5) is 17.1 Å².